The van der Waals surface area contributed by atoms with Gasteiger partial charge in [-0.2, -0.15) is 5.26 Å². The molecule has 3 rings (SSSR count). The Hall–Kier alpha value is -3.59. The first-order valence-electron chi connectivity index (χ1n) is 9.14. The molecule has 0 unspecified atom stereocenters. The number of benzene rings is 3. The molecule has 0 saturated carbocycles. The molecule has 0 aliphatic carbocycles. The zero-order valence-corrected chi connectivity index (χ0v) is 17.9. The van der Waals surface area contributed by atoms with Gasteiger partial charge in [-0.15, -0.1) is 0 Å². The summed E-state index contributed by atoms with van der Waals surface area (Å²) >= 11 is 12.0. The van der Waals surface area contributed by atoms with Gasteiger partial charge in [-0.1, -0.05) is 65.2 Å². The number of nitriles is 1. The predicted octanol–water partition coefficient (Wildman–Crippen LogP) is 6.07. The van der Waals surface area contributed by atoms with Crippen LogP contribution >= 0.6 is 23.2 Å². The molecule has 3 aromatic carbocycles. The zero-order valence-electron chi connectivity index (χ0n) is 16.4. The summed E-state index contributed by atoms with van der Waals surface area (Å²) in [4.78, 5) is 25.1. The van der Waals surface area contributed by atoms with Crippen LogP contribution in [0.4, 0.5) is 5.69 Å². The minimum absolute atomic E-state index is 0.169. The van der Waals surface area contributed by atoms with Crippen molar-refractivity contribution in [2.45, 2.75) is 6.92 Å². The summed E-state index contributed by atoms with van der Waals surface area (Å²) in [6, 6.07) is 20.2. The Morgan fingerprint density at radius 2 is 1.71 bits per heavy atom. The number of para-hydroxylation sites is 1. The highest BCUT2D eigenvalue weighted by Gasteiger charge is 2.15. The second-order valence-corrected chi connectivity index (χ2v) is 7.30. The molecule has 0 aliphatic heterocycles. The van der Waals surface area contributed by atoms with Crippen LogP contribution in [0.1, 0.15) is 21.5 Å². The molecule has 31 heavy (non-hydrogen) atoms. The van der Waals surface area contributed by atoms with Crippen LogP contribution in [0, 0.1) is 18.3 Å². The largest absolute Gasteiger partial charge is 0.422 e. The molecule has 0 atom stereocenters. The van der Waals surface area contributed by atoms with Crippen molar-refractivity contribution in [1.29, 1.82) is 5.26 Å². The Labute approximate surface area is 189 Å². The molecule has 154 valence electrons. The van der Waals surface area contributed by atoms with Gasteiger partial charge in [0.2, 0.25) is 0 Å². The average Bonchev–Trinajstić information content (AvgIpc) is 2.76. The Balaban J connectivity index is 1.85. The highest BCUT2D eigenvalue weighted by molar-refractivity contribution is 6.44. The normalized spacial score (nSPS) is 10.8. The second kappa shape index (κ2) is 9.94. The van der Waals surface area contributed by atoms with E-state index in [-0.39, 0.29) is 27.1 Å². The number of halogens is 2. The van der Waals surface area contributed by atoms with Crippen molar-refractivity contribution in [3.05, 3.63) is 99.0 Å². The van der Waals surface area contributed by atoms with Crippen LogP contribution in [0.2, 0.25) is 10.0 Å². The maximum atomic E-state index is 12.6. The summed E-state index contributed by atoms with van der Waals surface area (Å²) in [5.74, 6) is -1.00. The van der Waals surface area contributed by atoms with E-state index in [1.54, 1.807) is 54.6 Å². The molecule has 0 saturated heterocycles. The van der Waals surface area contributed by atoms with Gasteiger partial charge in [-0.05, 0) is 43.3 Å². The van der Waals surface area contributed by atoms with Crippen LogP contribution in [0.25, 0.3) is 6.08 Å². The molecule has 1 amide bonds. The molecule has 0 spiro atoms. The average molecular weight is 451 g/mol. The van der Waals surface area contributed by atoms with E-state index < -0.39 is 11.9 Å². The number of carbonyl (C=O) groups excluding carboxylic acids is 2. The Kier molecular flexibility index (Phi) is 7.09. The molecular formula is C24H16Cl2N2O3. The number of esters is 1. The number of hydrogen-bond donors (Lipinski definition) is 1. The van der Waals surface area contributed by atoms with Gasteiger partial charge >= 0.3 is 5.97 Å². The highest BCUT2D eigenvalue weighted by Crippen LogP contribution is 2.30. The second-order valence-electron chi connectivity index (χ2n) is 6.52. The minimum Gasteiger partial charge on any atom is -0.422 e. The summed E-state index contributed by atoms with van der Waals surface area (Å²) in [6.45, 7) is 1.92. The number of anilines is 1. The zero-order chi connectivity index (χ0) is 22.4. The molecule has 1 N–H and O–H groups in total. The fraction of sp³-hybridized carbons (Fsp3) is 0.0417. The van der Waals surface area contributed by atoms with Crippen molar-refractivity contribution in [2.24, 2.45) is 0 Å². The summed E-state index contributed by atoms with van der Waals surface area (Å²) in [5.41, 5.74) is 1.88. The van der Waals surface area contributed by atoms with Crippen molar-refractivity contribution in [3.8, 4) is 11.8 Å². The van der Waals surface area contributed by atoms with Crippen molar-refractivity contribution >= 4 is 46.8 Å². The van der Waals surface area contributed by atoms with Crippen molar-refractivity contribution in [2.75, 3.05) is 5.32 Å². The maximum absolute atomic E-state index is 12.6. The molecule has 0 fully saturated rings. The van der Waals surface area contributed by atoms with Crippen LogP contribution < -0.4 is 10.1 Å². The molecule has 0 bridgehead atoms. The van der Waals surface area contributed by atoms with Gasteiger partial charge in [0.15, 0.2) is 0 Å². The monoisotopic (exact) mass is 450 g/mol. The van der Waals surface area contributed by atoms with E-state index >= 15 is 0 Å². The quantitative estimate of drug-likeness (QED) is 0.221. The van der Waals surface area contributed by atoms with E-state index in [1.807, 2.05) is 25.1 Å². The summed E-state index contributed by atoms with van der Waals surface area (Å²) in [6.07, 6.45) is 1.34. The Morgan fingerprint density at radius 3 is 2.42 bits per heavy atom. The fourth-order valence-corrected chi connectivity index (χ4v) is 2.98. The first-order valence-corrected chi connectivity index (χ1v) is 9.89. The number of carbonyl (C=O) groups is 2. The number of nitrogens with zero attached hydrogens (tertiary/aromatic N) is 1. The van der Waals surface area contributed by atoms with E-state index in [4.69, 9.17) is 27.9 Å². The first kappa shape index (κ1) is 22.1. The number of amides is 1. The van der Waals surface area contributed by atoms with Gasteiger partial charge in [-0.3, -0.25) is 4.79 Å². The van der Waals surface area contributed by atoms with Gasteiger partial charge in [0.05, 0.1) is 21.3 Å². The molecule has 0 aliphatic rings. The van der Waals surface area contributed by atoms with E-state index in [9.17, 15) is 14.9 Å². The lowest BCUT2D eigenvalue weighted by Gasteiger charge is -2.09. The molecule has 0 heterocycles. The number of aryl methyl sites for hydroxylation is 1. The standard InChI is InChI=1S/C24H16Cl2N2O3/c1-15-9-11-16(12-10-15)24(30)31-21-8-3-2-5-17(21)13-18(14-27)23(29)28-20-7-4-6-19(25)22(20)26/h2-13H,1H3,(H,28,29)/b18-13+. The molecule has 0 aromatic heterocycles. The van der Waals surface area contributed by atoms with Gasteiger partial charge in [0, 0.05) is 5.56 Å². The predicted molar refractivity (Wildman–Crippen MR) is 121 cm³/mol. The number of hydrogen-bond acceptors (Lipinski definition) is 4. The smallest absolute Gasteiger partial charge is 0.343 e. The van der Waals surface area contributed by atoms with Crippen LogP contribution in [0.5, 0.6) is 5.75 Å². The maximum Gasteiger partial charge on any atom is 0.343 e. The van der Waals surface area contributed by atoms with E-state index in [0.717, 1.165) is 5.56 Å². The van der Waals surface area contributed by atoms with Crippen LogP contribution in [0.15, 0.2) is 72.3 Å². The lowest BCUT2D eigenvalue weighted by atomic mass is 10.1. The Bertz CT molecular complexity index is 1210. The van der Waals surface area contributed by atoms with E-state index in [0.29, 0.717) is 11.1 Å². The van der Waals surface area contributed by atoms with Gasteiger partial charge < -0.3 is 10.1 Å². The van der Waals surface area contributed by atoms with E-state index in [2.05, 4.69) is 5.32 Å². The summed E-state index contributed by atoms with van der Waals surface area (Å²) in [7, 11) is 0. The van der Waals surface area contributed by atoms with Gasteiger partial charge in [0.1, 0.15) is 17.4 Å². The first-order chi connectivity index (χ1) is 14.9. The SMILES string of the molecule is Cc1ccc(C(=O)Oc2ccccc2/C=C(\C#N)C(=O)Nc2cccc(Cl)c2Cl)cc1. The van der Waals surface area contributed by atoms with Gasteiger partial charge in [-0.25, -0.2) is 4.79 Å². The van der Waals surface area contributed by atoms with Crippen LogP contribution in [0.3, 0.4) is 0 Å². The Morgan fingerprint density at radius 1 is 1.00 bits per heavy atom. The number of ether oxygens (including phenoxy) is 1. The van der Waals surface area contributed by atoms with Crippen molar-refractivity contribution in [3.63, 3.8) is 0 Å². The molecule has 7 heteroatoms. The minimum atomic E-state index is -0.675. The molecule has 3 aromatic rings. The van der Waals surface area contributed by atoms with Crippen molar-refractivity contribution in [1.82, 2.24) is 0 Å². The third-order valence-corrected chi connectivity index (χ3v) is 5.09. The topological polar surface area (TPSA) is 79.2 Å². The number of nitrogens with one attached hydrogen (secondary N) is 1. The summed E-state index contributed by atoms with van der Waals surface area (Å²) in [5, 5.41) is 12.5. The third-order valence-electron chi connectivity index (χ3n) is 4.27. The van der Waals surface area contributed by atoms with Crippen LogP contribution in [-0.2, 0) is 4.79 Å². The molecule has 0 radical (unpaired) electrons. The highest BCUT2D eigenvalue weighted by atomic mass is 35.5. The van der Waals surface area contributed by atoms with Crippen molar-refractivity contribution < 1.29 is 14.3 Å². The van der Waals surface area contributed by atoms with Gasteiger partial charge in [0.25, 0.3) is 5.91 Å². The fourth-order valence-electron chi connectivity index (χ4n) is 2.64. The third kappa shape index (κ3) is 5.52. The summed E-state index contributed by atoms with van der Waals surface area (Å²) < 4.78 is 5.49. The van der Waals surface area contributed by atoms with Crippen LogP contribution in [-0.4, -0.2) is 11.9 Å². The molecular weight excluding hydrogens is 435 g/mol. The molecule has 5 nitrogen and oxygen atoms in total. The number of rotatable bonds is 5. The van der Waals surface area contributed by atoms with E-state index in [1.165, 1.54) is 6.08 Å². The lowest BCUT2D eigenvalue weighted by molar-refractivity contribution is -0.112. The lowest BCUT2D eigenvalue weighted by Crippen LogP contribution is -2.14.